The van der Waals surface area contributed by atoms with Gasteiger partial charge in [-0.25, -0.2) is 4.79 Å². The number of primary amides is 1. The van der Waals surface area contributed by atoms with E-state index < -0.39 is 11.9 Å². The van der Waals surface area contributed by atoms with Crippen molar-refractivity contribution >= 4 is 23.4 Å². The molecule has 0 saturated carbocycles. The first-order valence-electron chi connectivity index (χ1n) is 6.47. The highest BCUT2D eigenvalue weighted by atomic mass is 16.2. The van der Waals surface area contributed by atoms with Gasteiger partial charge in [0, 0.05) is 17.8 Å². The van der Waals surface area contributed by atoms with Crippen LogP contribution in [0.1, 0.15) is 30.1 Å². The molecule has 1 aromatic carbocycles. The van der Waals surface area contributed by atoms with E-state index in [1.807, 2.05) is 0 Å². The Balaban J connectivity index is 2.09. The number of benzene rings is 1. The molecule has 3 N–H and O–H groups in total. The van der Waals surface area contributed by atoms with E-state index in [9.17, 15) is 14.4 Å². The highest BCUT2D eigenvalue weighted by Crippen LogP contribution is 2.19. The van der Waals surface area contributed by atoms with Gasteiger partial charge in [-0.3, -0.25) is 9.59 Å². The van der Waals surface area contributed by atoms with E-state index >= 15 is 0 Å². The number of rotatable bonds is 3. The van der Waals surface area contributed by atoms with E-state index in [1.54, 1.807) is 24.3 Å². The third-order valence-corrected chi connectivity index (χ3v) is 3.36. The lowest BCUT2D eigenvalue weighted by atomic mass is 10.1. The molecule has 0 spiro atoms. The molecule has 2 rings (SSSR count). The van der Waals surface area contributed by atoms with Crippen molar-refractivity contribution < 1.29 is 14.4 Å². The van der Waals surface area contributed by atoms with Crippen molar-refractivity contribution in [1.29, 1.82) is 0 Å². The van der Waals surface area contributed by atoms with Gasteiger partial charge in [-0.1, -0.05) is 12.1 Å². The van der Waals surface area contributed by atoms with Crippen LogP contribution in [0.5, 0.6) is 0 Å². The Morgan fingerprint density at radius 3 is 2.75 bits per heavy atom. The Morgan fingerprint density at radius 2 is 2.10 bits per heavy atom. The first kappa shape index (κ1) is 14.0. The maximum absolute atomic E-state index is 12.1. The molecule has 1 aliphatic heterocycles. The predicted molar refractivity (Wildman–Crippen MR) is 74.4 cm³/mol. The number of carbonyl (C=O) groups excluding carboxylic acids is 3. The molecule has 1 fully saturated rings. The van der Waals surface area contributed by atoms with Gasteiger partial charge in [0.05, 0.1) is 0 Å². The molecule has 106 valence electrons. The number of likely N-dealkylation sites (tertiary alicyclic amines) is 1. The molecular formula is C14H17N3O3. The number of amides is 3. The van der Waals surface area contributed by atoms with Crippen molar-refractivity contribution in [2.75, 3.05) is 11.9 Å². The van der Waals surface area contributed by atoms with Crippen LogP contribution < -0.4 is 11.1 Å². The molecule has 1 aromatic rings. The van der Waals surface area contributed by atoms with Gasteiger partial charge in [0.25, 0.3) is 0 Å². The minimum atomic E-state index is -0.550. The second-order valence-electron chi connectivity index (χ2n) is 4.82. The summed E-state index contributed by atoms with van der Waals surface area (Å²) in [7, 11) is 0. The molecule has 3 amide bonds. The number of nitrogens with one attached hydrogen (secondary N) is 1. The second kappa shape index (κ2) is 5.73. The van der Waals surface area contributed by atoms with Crippen molar-refractivity contribution in [2.24, 2.45) is 5.73 Å². The maximum atomic E-state index is 12.1. The fourth-order valence-corrected chi connectivity index (χ4v) is 2.32. The largest absolute Gasteiger partial charge is 0.368 e. The van der Waals surface area contributed by atoms with Gasteiger partial charge in [0.2, 0.25) is 5.91 Å². The summed E-state index contributed by atoms with van der Waals surface area (Å²) in [6.07, 6.45) is 1.35. The molecule has 1 saturated heterocycles. The first-order chi connectivity index (χ1) is 9.49. The standard InChI is InChI=1S/C14H17N3O3/c1-9(18)10-4-2-5-11(8-10)16-14(20)17-7-3-6-12(17)13(15)19/h2,4-5,8,12H,3,6-7H2,1H3,(H2,15,19)(H,16,20). The van der Waals surface area contributed by atoms with Crippen molar-refractivity contribution in [2.45, 2.75) is 25.8 Å². The van der Waals surface area contributed by atoms with Gasteiger partial charge >= 0.3 is 6.03 Å². The predicted octanol–water partition coefficient (Wildman–Crippen LogP) is 1.37. The number of urea groups is 1. The number of hydrogen-bond acceptors (Lipinski definition) is 3. The Bertz CT molecular complexity index is 556. The number of nitrogens with two attached hydrogens (primary N) is 1. The third-order valence-electron chi connectivity index (χ3n) is 3.36. The van der Waals surface area contributed by atoms with Crippen LogP contribution in [0.3, 0.4) is 0 Å². The Labute approximate surface area is 116 Å². The number of ketones is 1. The molecule has 20 heavy (non-hydrogen) atoms. The van der Waals surface area contributed by atoms with Crippen LogP contribution in [0.2, 0.25) is 0 Å². The molecular weight excluding hydrogens is 258 g/mol. The zero-order chi connectivity index (χ0) is 14.7. The van der Waals surface area contributed by atoms with Crippen LogP contribution in [-0.2, 0) is 4.79 Å². The number of Topliss-reactive ketones (excluding diaryl/α,β-unsaturated/α-hetero) is 1. The number of anilines is 1. The molecule has 6 heteroatoms. The fraction of sp³-hybridized carbons (Fsp3) is 0.357. The molecule has 1 unspecified atom stereocenters. The average Bonchev–Trinajstić information content (AvgIpc) is 2.88. The van der Waals surface area contributed by atoms with Crippen molar-refractivity contribution in [3.8, 4) is 0 Å². The Hall–Kier alpha value is -2.37. The fourth-order valence-electron chi connectivity index (χ4n) is 2.32. The summed E-state index contributed by atoms with van der Waals surface area (Å²) in [6.45, 7) is 1.97. The van der Waals surface area contributed by atoms with E-state index in [-0.39, 0.29) is 11.8 Å². The van der Waals surface area contributed by atoms with Crippen molar-refractivity contribution in [3.05, 3.63) is 29.8 Å². The molecule has 0 aromatic heterocycles. The maximum Gasteiger partial charge on any atom is 0.322 e. The minimum absolute atomic E-state index is 0.0720. The summed E-state index contributed by atoms with van der Waals surface area (Å²) in [5.41, 5.74) is 6.33. The lowest BCUT2D eigenvalue weighted by molar-refractivity contribution is -0.121. The van der Waals surface area contributed by atoms with Gasteiger partial charge in [-0.15, -0.1) is 0 Å². The molecule has 1 aliphatic rings. The van der Waals surface area contributed by atoms with Crippen LogP contribution in [0.4, 0.5) is 10.5 Å². The molecule has 1 heterocycles. The first-order valence-corrected chi connectivity index (χ1v) is 6.47. The number of carbonyl (C=O) groups is 3. The quantitative estimate of drug-likeness (QED) is 0.816. The van der Waals surface area contributed by atoms with Crippen LogP contribution in [0, 0.1) is 0 Å². The number of nitrogens with zero attached hydrogens (tertiary/aromatic N) is 1. The summed E-state index contributed by atoms with van der Waals surface area (Å²) in [6, 6.07) is 5.76. The topological polar surface area (TPSA) is 92.5 Å². The molecule has 0 radical (unpaired) electrons. The third kappa shape index (κ3) is 2.96. The van der Waals surface area contributed by atoms with Crippen LogP contribution in [0.15, 0.2) is 24.3 Å². The van der Waals surface area contributed by atoms with E-state index in [1.165, 1.54) is 11.8 Å². The van der Waals surface area contributed by atoms with E-state index in [4.69, 9.17) is 5.73 Å². The van der Waals surface area contributed by atoms with Crippen LogP contribution >= 0.6 is 0 Å². The van der Waals surface area contributed by atoms with E-state index in [2.05, 4.69) is 5.32 Å². The average molecular weight is 275 g/mol. The lowest BCUT2D eigenvalue weighted by Gasteiger charge is -2.22. The summed E-state index contributed by atoms with van der Waals surface area (Å²) in [5.74, 6) is -0.563. The van der Waals surface area contributed by atoms with E-state index in [0.717, 1.165) is 6.42 Å². The Morgan fingerprint density at radius 1 is 1.35 bits per heavy atom. The van der Waals surface area contributed by atoms with Crippen LogP contribution in [-0.4, -0.2) is 35.2 Å². The van der Waals surface area contributed by atoms with Gasteiger partial charge in [0.1, 0.15) is 6.04 Å². The minimum Gasteiger partial charge on any atom is -0.368 e. The molecule has 6 nitrogen and oxygen atoms in total. The summed E-state index contributed by atoms with van der Waals surface area (Å²) in [5, 5.41) is 2.69. The summed E-state index contributed by atoms with van der Waals surface area (Å²) in [4.78, 5) is 36.1. The van der Waals surface area contributed by atoms with Gasteiger partial charge in [0.15, 0.2) is 5.78 Å². The zero-order valence-electron chi connectivity index (χ0n) is 11.3. The highest BCUT2D eigenvalue weighted by molar-refractivity contribution is 5.97. The number of hydrogen-bond donors (Lipinski definition) is 2. The van der Waals surface area contributed by atoms with Crippen molar-refractivity contribution in [3.63, 3.8) is 0 Å². The molecule has 1 atom stereocenters. The molecule has 0 bridgehead atoms. The van der Waals surface area contributed by atoms with Gasteiger partial charge < -0.3 is 16.0 Å². The molecule has 0 aliphatic carbocycles. The normalized spacial score (nSPS) is 17.9. The van der Waals surface area contributed by atoms with Gasteiger partial charge in [-0.2, -0.15) is 0 Å². The van der Waals surface area contributed by atoms with Crippen molar-refractivity contribution in [1.82, 2.24) is 4.90 Å². The summed E-state index contributed by atoms with van der Waals surface area (Å²) < 4.78 is 0. The lowest BCUT2D eigenvalue weighted by Crippen LogP contribution is -2.45. The monoisotopic (exact) mass is 275 g/mol. The SMILES string of the molecule is CC(=O)c1cccc(NC(=O)N2CCCC2C(N)=O)c1. The smallest absolute Gasteiger partial charge is 0.322 e. The van der Waals surface area contributed by atoms with Gasteiger partial charge in [-0.05, 0) is 31.9 Å². The summed E-state index contributed by atoms with van der Waals surface area (Å²) >= 11 is 0. The highest BCUT2D eigenvalue weighted by Gasteiger charge is 2.32. The van der Waals surface area contributed by atoms with Crippen LogP contribution in [0.25, 0.3) is 0 Å². The Kier molecular flexibility index (Phi) is 4.02. The second-order valence-corrected chi connectivity index (χ2v) is 4.82. The zero-order valence-corrected chi connectivity index (χ0v) is 11.3. The van der Waals surface area contributed by atoms with E-state index in [0.29, 0.717) is 24.2 Å².